The molecule has 0 atom stereocenters. The summed E-state index contributed by atoms with van der Waals surface area (Å²) in [4.78, 5) is 0. The molecule has 76 valence electrons. The van der Waals surface area contributed by atoms with Gasteiger partial charge in [-0.1, -0.05) is 41.3 Å². The van der Waals surface area contributed by atoms with Gasteiger partial charge in [0.15, 0.2) is 4.34 Å². The first-order valence-corrected chi connectivity index (χ1v) is 6.48. The first kappa shape index (κ1) is 10.3. The summed E-state index contributed by atoms with van der Waals surface area (Å²) in [6.45, 7) is 3.62. The summed E-state index contributed by atoms with van der Waals surface area (Å²) < 4.78 is 0.940. The second-order valence-corrected chi connectivity index (χ2v) is 5.83. The molecule has 0 radical (unpaired) electrons. The lowest BCUT2D eigenvalue weighted by Gasteiger charge is -1.94. The van der Waals surface area contributed by atoms with Gasteiger partial charge in [0.2, 0.25) is 5.13 Å². The molecule has 3 nitrogen and oxygen atoms in total. The second-order valence-electron chi connectivity index (χ2n) is 3.10. The summed E-state index contributed by atoms with van der Waals surface area (Å²) >= 11 is 8.80. The molecular weight excluding hydrogens is 238 g/mol. The van der Waals surface area contributed by atoms with E-state index in [1.165, 1.54) is 12.8 Å². The molecule has 0 saturated heterocycles. The molecule has 0 aliphatic heterocycles. The van der Waals surface area contributed by atoms with Crippen molar-refractivity contribution >= 4 is 39.8 Å². The Morgan fingerprint density at radius 1 is 1.64 bits per heavy atom. The van der Waals surface area contributed by atoms with E-state index in [4.69, 9.17) is 11.6 Å². The smallest absolute Gasteiger partial charge is 0.206 e. The molecule has 1 aliphatic rings. The van der Waals surface area contributed by atoms with Crippen molar-refractivity contribution in [2.24, 2.45) is 0 Å². The van der Waals surface area contributed by atoms with Crippen molar-refractivity contribution in [3.63, 3.8) is 0 Å². The number of aromatic nitrogens is 2. The third-order valence-electron chi connectivity index (χ3n) is 1.66. The predicted octanol–water partition coefficient (Wildman–Crippen LogP) is 2.96. The average Bonchev–Trinajstić information content (AvgIpc) is 2.81. The minimum atomic E-state index is 0.629. The molecule has 0 unspecified atom stereocenters. The van der Waals surface area contributed by atoms with E-state index in [9.17, 15) is 0 Å². The van der Waals surface area contributed by atoms with Crippen LogP contribution in [0.3, 0.4) is 0 Å². The maximum atomic E-state index is 5.65. The van der Waals surface area contributed by atoms with Gasteiger partial charge >= 0.3 is 0 Å². The Hall–Kier alpha value is -0.260. The van der Waals surface area contributed by atoms with Gasteiger partial charge in [0.05, 0.1) is 0 Å². The number of nitrogens with one attached hydrogen (secondary N) is 1. The van der Waals surface area contributed by atoms with Crippen molar-refractivity contribution in [1.82, 2.24) is 10.2 Å². The van der Waals surface area contributed by atoms with Gasteiger partial charge < -0.3 is 5.32 Å². The van der Waals surface area contributed by atoms with Gasteiger partial charge in [-0.3, -0.25) is 0 Å². The van der Waals surface area contributed by atoms with E-state index in [-0.39, 0.29) is 0 Å². The Labute approximate surface area is 95.9 Å². The molecule has 1 N–H and O–H groups in total. The van der Waals surface area contributed by atoms with Gasteiger partial charge in [-0.25, -0.2) is 0 Å². The summed E-state index contributed by atoms with van der Waals surface area (Å²) in [5.74, 6) is 0.694. The first-order chi connectivity index (χ1) is 6.74. The maximum absolute atomic E-state index is 5.65. The number of anilines is 1. The molecule has 0 amide bonds. The fraction of sp³-hybridized carbons (Fsp3) is 0.500. The lowest BCUT2D eigenvalue weighted by Crippen LogP contribution is -1.99. The number of hydrogen-bond donors (Lipinski definition) is 1. The Morgan fingerprint density at radius 2 is 2.43 bits per heavy atom. The predicted molar refractivity (Wildman–Crippen MR) is 62.3 cm³/mol. The number of hydrogen-bond acceptors (Lipinski definition) is 5. The van der Waals surface area contributed by atoms with E-state index in [1.54, 1.807) is 23.1 Å². The highest BCUT2D eigenvalue weighted by Crippen LogP contribution is 2.30. The van der Waals surface area contributed by atoms with Crippen molar-refractivity contribution < 1.29 is 0 Å². The highest BCUT2D eigenvalue weighted by atomic mass is 35.5. The van der Waals surface area contributed by atoms with Crippen LogP contribution in [0, 0.1) is 0 Å². The quantitative estimate of drug-likeness (QED) is 0.812. The molecule has 14 heavy (non-hydrogen) atoms. The summed E-state index contributed by atoms with van der Waals surface area (Å²) in [5.41, 5.74) is 0. The number of rotatable bonds is 5. The standard InChI is InChI=1S/C8H10ClN3S2/c1-5(9)4-13-8-12-11-7(14-8)10-6-2-3-6/h6H,1-4H2,(H,10,11). The molecule has 0 aromatic carbocycles. The van der Waals surface area contributed by atoms with Crippen LogP contribution in [0.25, 0.3) is 0 Å². The summed E-state index contributed by atoms with van der Waals surface area (Å²) in [7, 11) is 0. The van der Waals surface area contributed by atoms with Crippen molar-refractivity contribution in [1.29, 1.82) is 0 Å². The average molecular weight is 248 g/mol. The third kappa shape index (κ3) is 3.15. The monoisotopic (exact) mass is 247 g/mol. The maximum Gasteiger partial charge on any atom is 0.206 e. The van der Waals surface area contributed by atoms with Crippen LogP contribution in [0.4, 0.5) is 5.13 Å². The fourth-order valence-electron chi connectivity index (χ4n) is 0.869. The third-order valence-corrected chi connectivity index (χ3v) is 4.03. The zero-order valence-corrected chi connectivity index (χ0v) is 9.88. The highest BCUT2D eigenvalue weighted by Gasteiger charge is 2.22. The Balaban J connectivity index is 1.85. The molecule has 0 bridgehead atoms. The minimum Gasteiger partial charge on any atom is -0.357 e. The Morgan fingerprint density at radius 3 is 3.07 bits per heavy atom. The number of thioether (sulfide) groups is 1. The van der Waals surface area contributed by atoms with Crippen LogP contribution in [0.15, 0.2) is 16.0 Å². The molecule has 1 aromatic heterocycles. The zero-order valence-electron chi connectivity index (χ0n) is 7.49. The molecule has 2 rings (SSSR count). The van der Waals surface area contributed by atoms with E-state index in [0.29, 0.717) is 16.8 Å². The Kier molecular flexibility index (Phi) is 3.30. The topological polar surface area (TPSA) is 37.8 Å². The lowest BCUT2D eigenvalue weighted by molar-refractivity contribution is 0.995. The Bertz CT molecular complexity index is 335. The summed E-state index contributed by atoms with van der Waals surface area (Å²) in [6.07, 6.45) is 2.50. The molecule has 1 aliphatic carbocycles. The van der Waals surface area contributed by atoms with Gasteiger partial charge in [-0.05, 0) is 12.8 Å². The van der Waals surface area contributed by atoms with Crippen molar-refractivity contribution in [2.45, 2.75) is 23.2 Å². The van der Waals surface area contributed by atoms with Gasteiger partial charge in [-0.15, -0.1) is 10.2 Å². The molecule has 0 spiro atoms. The molecule has 1 heterocycles. The fourth-order valence-corrected chi connectivity index (χ4v) is 2.61. The lowest BCUT2D eigenvalue weighted by atomic mass is 10.7. The van der Waals surface area contributed by atoms with Crippen LogP contribution in [0.1, 0.15) is 12.8 Å². The van der Waals surface area contributed by atoms with Gasteiger partial charge in [-0.2, -0.15) is 0 Å². The molecule has 1 fully saturated rings. The van der Waals surface area contributed by atoms with E-state index in [2.05, 4.69) is 22.1 Å². The summed E-state index contributed by atoms with van der Waals surface area (Å²) in [6, 6.07) is 0.629. The van der Waals surface area contributed by atoms with Gasteiger partial charge in [0, 0.05) is 16.8 Å². The largest absolute Gasteiger partial charge is 0.357 e. The van der Waals surface area contributed by atoms with Crippen LogP contribution in [-0.2, 0) is 0 Å². The van der Waals surface area contributed by atoms with Crippen molar-refractivity contribution in [3.05, 3.63) is 11.6 Å². The van der Waals surface area contributed by atoms with Crippen molar-refractivity contribution in [3.8, 4) is 0 Å². The van der Waals surface area contributed by atoms with Crippen molar-refractivity contribution in [2.75, 3.05) is 11.1 Å². The van der Waals surface area contributed by atoms with Gasteiger partial charge in [0.1, 0.15) is 0 Å². The zero-order chi connectivity index (χ0) is 9.97. The van der Waals surface area contributed by atoms with E-state index in [1.807, 2.05) is 0 Å². The normalized spacial score (nSPS) is 15.5. The first-order valence-electron chi connectivity index (χ1n) is 4.30. The van der Waals surface area contributed by atoms with Crippen LogP contribution in [0.2, 0.25) is 0 Å². The molecule has 1 aromatic rings. The van der Waals surface area contributed by atoms with E-state index in [0.717, 1.165) is 9.47 Å². The molecule has 1 saturated carbocycles. The van der Waals surface area contributed by atoms with E-state index >= 15 is 0 Å². The number of halogens is 1. The second kappa shape index (κ2) is 4.51. The molecular formula is C8H10ClN3S2. The SMILES string of the molecule is C=C(Cl)CSc1nnc(NC2CC2)s1. The van der Waals surface area contributed by atoms with Crippen LogP contribution < -0.4 is 5.32 Å². The highest BCUT2D eigenvalue weighted by molar-refractivity contribution is 8.01. The number of nitrogens with zero attached hydrogens (tertiary/aromatic N) is 2. The van der Waals surface area contributed by atoms with Crippen LogP contribution >= 0.6 is 34.7 Å². The minimum absolute atomic E-state index is 0.629. The van der Waals surface area contributed by atoms with Gasteiger partial charge in [0.25, 0.3) is 0 Å². The van der Waals surface area contributed by atoms with E-state index < -0.39 is 0 Å². The van der Waals surface area contributed by atoms with Crippen LogP contribution in [0.5, 0.6) is 0 Å². The summed E-state index contributed by atoms with van der Waals surface area (Å²) in [5, 5.41) is 12.9. The van der Waals surface area contributed by atoms with Crippen LogP contribution in [-0.4, -0.2) is 22.0 Å². The molecule has 6 heteroatoms.